The van der Waals surface area contributed by atoms with Gasteiger partial charge in [-0.1, -0.05) is 12.2 Å². The average Bonchev–Trinajstić information content (AvgIpc) is 2.47. The van der Waals surface area contributed by atoms with Gasteiger partial charge < -0.3 is 14.7 Å². The highest BCUT2D eigenvalue weighted by Crippen LogP contribution is 2.28. The Morgan fingerprint density at radius 2 is 1.80 bits per heavy atom. The van der Waals surface area contributed by atoms with Crippen LogP contribution in [0.5, 0.6) is 0 Å². The molecule has 0 radical (unpaired) electrons. The van der Waals surface area contributed by atoms with Gasteiger partial charge in [-0.25, -0.2) is 0 Å². The first-order valence-electron chi connectivity index (χ1n) is 7.30. The third-order valence-corrected chi connectivity index (χ3v) is 4.32. The molecule has 2 aliphatic rings. The van der Waals surface area contributed by atoms with Gasteiger partial charge in [-0.15, -0.1) is 0 Å². The van der Waals surface area contributed by atoms with Crippen molar-refractivity contribution in [2.24, 2.45) is 17.8 Å². The minimum atomic E-state index is -0.868. The normalized spacial score (nSPS) is 27.2. The Labute approximate surface area is 119 Å². The summed E-state index contributed by atoms with van der Waals surface area (Å²) in [7, 11) is 1.79. The van der Waals surface area contributed by atoms with Crippen molar-refractivity contribution in [2.75, 3.05) is 26.8 Å². The molecule has 0 unspecified atom stereocenters. The van der Waals surface area contributed by atoms with Crippen molar-refractivity contribution in [3.63, 3.8) is 0 Å². The van der Waals surface area contributed by atoms with E-state index in [4.69, 9.17) is 4.74 Å². The van der Waals surface area contributed by atoms with Gasteiger partial charge >= 0.3 is 5.97 Å². The molecule has 0 spiro atoms. The maximum Gasteiger partial charge on any atom is 0.307 e. The number of amides is 1. The molecule has 0 bridgehead atoms. The van der Waals surface area contributed by atoms with E-state index in [0.29, 0.717) is 25.3 Å². The molecule has 1 N–H and O–H groups in total. The molecule has 1 saturated heterocycles. The van der Waals surface area contributed by atoms with Crippen molar-refractivity contribution in [3.05, 3.63) is 12.2 Å². The molecular weight excluding hydrogens is 258 g/mol. The Hall–Kier alpha value is -1.36. The molecule has 1 heterocycles. The van der Waals surface area contributed by atoms with Crippen LogP contribution in [0.15, 0.2) is 12.2 Å². The summed E-state index contributed by atoms with van der Waals surface area (Å²) < 4.78 is 5.32. The van der Waals surface area contributed by atoms with E-state index in [1.807, 2.05) is 12.2 Å². The van der Waals surface area contributed by atoms with Crippen molar-refractivity contribution < 1.29 is 19.4 Å². The summed E-state index contributed by atoms with van der Waals surface area (Å²) >= 11 is 0. The molecule has 0 aromatic carbocycles. The van der Waals surface area contributed by atoms with Crippen molar-refractivity contribution in [3.8, 4) is 0 Å². The monoisotopic (exact) mass is 281 g/mol. The van der Waals surface area contributed by atoms with Gasteiger partial charge in [0.25, 0.3) is 0 Å². The summed E-state index contributed by atoms with van der Waals surface area (Å²) in [5, 5.41) is 9.24. The van der Waals surface area contributed by atoms with E-state index in [9.17, 15) is 14.7 Å². The number of hydrogen-bond acceptors (Lipinski definition) is 3. The fourth-order valence-electron chi connectivity index (χ4n) is 3.05. The van der Waals surface area contributed by atoms with Crippen LogP contribution in [-0.2, 0) is 14.3 Å². The molecule has 1 amide bonds. The molecular formula is C15H23NO4. The summed E-state index contributed by atoms with van der Waals surface area (Å²) in [6.07, 6.45) is 6.73. The molecule has 1 fully saturated rings. The van der Waals surface area contributed by atoms with Crippen LogP contribution in [0, 0.1) is 17.8 Å². The zero-order valence-corrected chi connectivity index (χ0v) is 12.0. The van der Waals surface area contributed by atoms with E-state index in [-0.39, 0.29) is 5.91 Å². The van der Waals surface area contributed by atoms with E-state index in [0.717, 1.165) is 26.1 Å². The first-order valence-corrected chi connectivity index (χ1v) is 7.30. The smallest absolute Gasteiger partial charge is 0.307 e. The maximum atomic E-state index is 12.5. The van der Waals surface area contributed by atoms with Gasteiger partial charge in [0.15, 0.2) is 0 Å². The first kappa shape index (κ1) is 15.0. The maximum absolute atomic E-state index is 12.5. The number of ether oxygens (including phenoxy) is 1. The Morgan fingerprint density at radius 3 is 2.40 bits per heavy atom. The topological polar surface area (TPSA) is 66.8 Å². The number of rotatable bonds is 4. The van der Waals surface area contributed by atoms with Crippen LogP contribution in [0.4, 0.5) is 0 Å². The second-order valence-corrected chi connectivity index (χ2v) is 5.77. The number of nitrogens with zero attached hydrogens (tertiary/aromatic N) is 1. The van der Waals surface area contributed by atoms with Crippen LogP contribution in [0.25, 0.3) is 0 Å². The van der Waals surface area contributed by atoms with Crippen molar-refractivity contribution in [2.45, 2.75) is 25.7 Å². The largest absolute Gasteiger partial charge is 0.481 e. The summed E-state index contributed by atoms with van der Waals surface area (Å²) in [5.41, 5.74) is 0. The van der Waals surface area contributed by atoms with Crippen LogP contribution in [0.3, 0.4) is 0 Å². The van der Waals surface area contributed by atoms with Crippen molar-refractivity contribution >= 4 is 11.9 Å². The highest BCUT2D eigenvalue weighted by Gasteiger charge is 2.35. The van der Waals surface area contributed by atoms with Gasteiger partial charge in [0.1, 0.15) is 0 Å². The molecule has 112 valence electrons. The van der Waals surface area contributed by atoms with Gasteiger partial charge in [-0.2, -0.15) is 0 Å². The Balaban J connectivity index is 1.94. The number of carbonyl (C=O) groups excluding carboxylic acids is 1. The molecule has 0 saturated carbocycles. The van der Waals surface area contributed by atoms with E-state index in [2.05, 4.69) is 0 Å². The summed E-state index contributed by atoms with van der Waals surface area (Å²) in [5.74, 6) is -1.42. The number of carbonyl (C=O) groups is 2. The lowest BCUT2D eigenvalue weighted by Gasteiger charge is -2.32. The third kappa shape index (κ3) is 3.60. The van der Waals surface area contributed by atoms with Crippen LogP contribution in [0.1, 0.15) is 25.7 Å². The fourth-order valence-corrected chi connectivity index (χ4v) is 3.05. The second kappa shape index (κ2) is 6.88. The summed E-state index contributed by atoms with van der Waals surface area (Å²) in [6.45, 7) is 2.22. The van der Waals surface area contributed by atoms with E-state index in [1.165, 1.54) is 0 Å². The lowest BCUT2D eigenvalue weighted by molar-refractivity contribution is -0.150. The van der Waals surface area contributed by atoms with Crippen LogP contribution < -0.4 is 0 Å². The second-order valence-electron chi connectivity index (χ2n) is 5.77. The van der Waals surface area contributed by atoms with Crippen LogP contribution >= 0.6 is 0 Å². The standard InChI is InChI=1S/C15H23NO4/c1-16(10-11-6-8-20-9-7-11)14(17)12-4-2-3-5-13(12)15(18)19/h2-3,11-13H,4-10H2,1H3,(H,18,19)/t12-,13+/m1/s1. The van der Waals surface area contributed by atoms with Crippen molar-refractivity contribution in [1.82, 2.24) is 4.90 Å². The minimum absolute atomic E-state index is 0.0340. The molecule has 1 aliphatic heterocycles. The number of allylic oxidation sites excluding steroid dienone is 2. The Kier molecular flexibility index (Phi) is 5.17. The summed E-state index contributed by atoms with van der Waals surface area (Å²) in [6, 6.07) is 0. The fraction of sp³-hybridized carbons (Fsp3) is 0.733. The van der Waals surface area contributed by atoms with E-state index < -0.39 is 17.8 Å². The van der Waals surface area contributed by atoms with Crippen LogP contribution in [0.2, 0.25) is 0 Å². The average molecular weight is 281 g/mol. The quantitative estimate of drug-likeness (QED) is 0.794. The third-order valence-electron chi connectivity index (χ3n) is 4.32. The first-order chi connectivity index (χ1) is 9.59. The van der Waals surface area contributed by atoms with Crippen molar-refractivity contribution in [1.29, 1.82) is 0 Å². The summed E-state index contributed by atoms with van der Waals surface area (Å²) in [4.78, 5) is 25.5. The molecule has 5 heteroatoms. The Morgan fingerprint density at radius 1 is 1.20 bits per heavy atom. The molecule has 0 aromatic heterocycles. The minimum Gasteiger partial charge on any atom is -0.481 e. The molecule has 2 rings (SSSR count). The molecule has 0 aromatic rings. The van der Waals surface area contributed by atoms with E-state index >= 15 is 0 Å². The van der Waals surface area contributed by atoms with Gasteiger partial charge in [-0.3, -0.25) is 9.59 Å². The number of aliphatic carboxylic acids is 1. The van der Waals surface area contributed by atoms with Gasteiger partial charge in [-0.05, 0) is 31.6 Å². The van der Waals surface area contributed by atoms with Gasteiger partial charge in [0.2, 0.25) is 5.91 Å². The zero-order chi connectivity index (χ0) is 14.5. The lowest BCUT2D eigenvalue weighted by atomic mass is 9.82. The predicted molar refractivity (Wildman–Crippen MR) is 74.2 cm³/mol. The highest BCUT2D eigenvalue weighted by molar-refractivity contribution is 5.85. The highest BCUT2D eigenvalue weighted by atomic mass is 16.5. The zero-order valence-electron chi connectivity index (χ0n) is 12.0. The molecule has 1 aliphatic carbocycles. The van der Waals surface area contributed by atoms with Gasteiger partial charge in [0.05, 0.1) is 11.8 Å². The predicted octanol–water partition coefficient (Wildman–Crippen LogP) is 1.54. The van der Waals surface area contributed by atoms with E-state index in [1.54, 1.807) is 11.9 Å². The molecule has 20 heavy (non-hydrogen) atoms. The number of hydrogen-bond donors (Lipinski definition) is 1. The molecule has 5 nitrogen and oxygen atoms in total. The SMILES string of the molecule is CN(CC1CCOCC1)C(=O)[C@@H]1CC=CC[C@@H]1C(=O)O. The number of carboxylic acid groups (broad SMARTS) is 1. The molecule has 2 atom stereocenters. The van der Waals surface area contributed by atoms with Gasteiger partial charge in [0, 0.05) is 26.8 Å². The van der Waals surface area contributed by atoms with Crippen LogP contribution in [-0.4, -0.2) is 48.7 Å². The Bertz CT molecular complexity index is 387. The number of carboxylic acids is 1. The lowest BCUT2D eigenvalue weighted by Crippen LogP contribution is -2.42.